The van der Waals surface area contributed by atoms with E-state index in [0.717, 1.165) is 0 Å². The fourth-order valence-electron chi connectivity index (χ4n) is 1.50. The Labute approximate surface area is 117 Å². The van der Waals surface area contributed by atoms with E-state index in [1.165, 1.54) is 18.2 Å². The number of ether oxygens (including phenoxy) is 1. The number of nitriles is 1. The standard InChI is InChI=1S/C14H8BrF2NO/c15-13-9(7-18)5-6-12(14(13)17)19-8-10-3-1-2-4-11(10)16/h1-6H,8H2. The molecule has 0 unspecified atom stereocenters. The monoisotopic (exact) mass is 323 g/mol. The lowest BCUT2D eigenvalue weighted by atomic mass is 10.2. The van der Waals surface area contributed by atoms with Crippen LogP contribution >= 0.6 is 15.9 Å². The zero-order valence-electron chi connectivity index (χ0n) is 9.66. The molecule has 0 bridgehead atoms. The van der Waals surface area contributed by atoms with Crippen molar-refractivity contribution in [2.75, 3.05) is 0 Å². The molecule has 0 amide bonds. The molecule has 0 fully saturated rings. The topological polar surface area (TPSA) is 33.0 Å². The Morgan fingerprint density at radius 1 is 1.16 bits per heavy atom. The molecule has 0 aliphatic rings. The van der Waals surface area contributed by atoms with E-state index in [0.29, 0.717) is 5.56 Å². The first-order chi connectivity index (χ1) is 9.13. The van der Waals surface area contributed by atoms with Crippen LogP contribution in [0.2, 0.25) is 0 Å². The van der Waals surface area contributed by atoms with Crippen LogP contribution in [0.1, 0.15) is 11.1 Å². The fourth-order valence-corrected chi connectivity index (χ4v) is 1.92. The van der Waals surface area contributed by atoms with Crippen LogP contribution in [0.5, 0.6) is 5.75 Å². The lowest BCUT2D eigenvalue weighted by Crippen LogP contribution is -2.00. The summed E-state index contributed by atoms with van der Waals surface area (Å²) in [6.07, 6.45) is 0. The van der Waals surface area contributed by atoms with E-state index in [4.69, 9.17) is 10.00 Å². The van der Waals surface area contributed by atoms with Gasteiger partial charge in [-0.1, -0.05) is 18.2 Å². The van der Waals surface area contributed by atoms with Gasteiger partial charge >= 0.3 is 0 Å². The lowest BCUT2D eigenvalue weighted by molar-refractivity contribution is 0.284. The quantitative estimate of drug-likeness (QED) is 0.849. The Morgan fingerprint density at radius 2 is 1.89 bits per heavy atom. The highest BCUT2D eigenvalue weighted by Crippen LogP contribution is 2.28. The summed E-state index contributed by atoms with van der Waals surface area (Å²) in [6, 6.07) is 10.7. The fraction of sp³-hybridized carbons (Fsp3) is 0.0714. The third-order valence-corrected chi connectivity index (χ3v) is 3.28. The van der Waals surface area contributed by atoms with Crippen LogP contribution in [-0.4, -0.2) is 0 Å². The van der Waals surface area contributed by atoms with Gasteiger partial charge in [-0.15, -0.1) is 0 Å². The summed E-state index contributed by atoms with van der Waals surface area (Å²) in [5.74, 6) is -1.11. The molecule has 5 heteroatoms. The Balaban J connectivity index is 2.20. The van der Waals surface area contributed by atoms with Gasteiger partial charge in [0.1, 0.15) is 18.5 Å². The van der Waals surface area contributed by atoms with Gasteiger partial charge in [-0.05, 0) is 34.1 Å². The largest absolute Gasteiger partial charge is 0.486 e. The second-order valence-electron chi connectivity index (χ2n) is 3.73. The Bertz CT molecular complexity index is 652. The van der Waals surface area contributed by atoms with Crippen molar-refractivity contribution >= 4 is 15.9 Å². The SMILES string of the molecule is N#Cc1ccc(OCc2ccccc2F)c(F)c1Br. The molecule has 0 radical (unpaired) electrons. The summed E-state index contributed by atoms with van der Waals surface area (Å²) in [4.78, 5) is 0. The Morgan fingerprint density at radius 3 is 2.58 bits per heavy atom. The average molecular weight is 324 g/mol. The molecular weight excluding hydrogens is 316 g/mol. The van der Waals surface area contributed by atoms with Crippen LogP contribution in [0.25, 0.3) is 0 Å². The van der Waals surface area contributed by atoms with E-state index in [1.54, 1.807) is 18.2 Å². The summed E-state index contributed by atoms with van der Waals surface area (Å²) in [6.45, 7) is -0.0814. The predicted octanol–water partition coefficient (Wildman–Crippen LogP) is 4.18. The van der Waals surface area contributed by atoms with Crippen molar-refractivity contribution in [1.29, 1.82) is 5.26 Å². The van der Waals surface area contributed by atoms with Gasteiger partial charge in [0.15, 0.2) is 11.6 Å². The highest BCUT2D eigenvalue weighted by Gasteiger charge is 2.12. The molecule has 2 rings (SSSR count). The molecule has 0 atom stereocenters. The smallest absolute Gasteiger partial charge is 0.180 e. The minimum Gasteiger partial charge on any atom is -0.486 e. The van der Waals surface area contributed by atoms with E-state index < -0.39 is 11.6 Å². The van der Waals surface area contributed by atoms with Gasteiger partial charge in [-0.3, -0.25) is 0 Å². The minimum atomic E-state index is -0.671. The van der Waals surface area contributed by atoms with Gasteiger partial charge in [0.05, 0.1) is 10.0 Å². The van der Waals surface area contributed by atoms with Gasteiger partial charge in [0.2, 0.25) is 0 Å². The van der Waals surface area contributed by atoms with Gasteiger partial charge in [-0.2, -0.15) is 5.26 Å². The van der Waals surface area contributed by atoms with E-state index in [-0.39, 0.29) is 22.4 Å². The van der Waals surface area contributed by atoms with Crippen LogP contribution in [0, 0.1) is 23.0 Å². The maximum atomic E-state index is 13.8. The number of hydrogen-bond acceptors (Lipinski definition) is 2. The molecule has 0 aromatic heterocycles. The third kappa shape index (κ3) is 2.91. The van der Waals surface area contributed by atoms with Crippen LogP contribution in [0.4, 0.5) is 8.78 Å². The molecule has 0 spiro atoms. The maximum absolute atomic E-state index is 13.8. The molecule has 0 aliphatic heterocycles. The van der Waals surface area contributed by atoms with Crippen LogP contribution in [-0.2, 0) is 6.61 Å². The minimum absolute atomic E-state index is 0.0332. The number of hydrogen-bond donors (Lipinski definition) is 0. The zero-order valence-corrected chi connectivity index (χ0v) is 11.2. The van der Waals surface area contributed by atoms with Crippen molar-refractivity contribution in [3.63, 3.8) is 0 Å². The summed E-state index contributed by atoms with van der Waals surface area (Å²) in [7, 11) is 0. The molecule has 19 heavy (non-hydrogen) atoms. The van der Waals surface area contributed by atoms with E-state index in [1.807, 2.05) is 6.07 Å². The molecule has 0 N–H and O–H groups in total. The molecular formula is C14H8BrF2NO. The van der Waals surface area contributed by atoms with Crippen LogP contribution in [0.15, 0.2) is 40.9 Å². The van der Waals surface area contributed by atoms with E-state index >= 15 is 0 Å². The van der Waals surface area contributed by atoms with Gasteiger partial charge in [-0.25, -0.2) is 8.78 Å². The molecule has 0 saturated carbocycles. The Hall–Kier alpha value is -1.93. The van der Waals surface area contributed by atoms with Crippen molar-refractivity contribution in [3.05, 3.63) is 63.6 Å². The number of rotatable bonds is 3. The van der Waals surface area contributed by atoms with Gasteiger partial charge < -0.3 is 4.74 Å². The van der Waals surface area contributed by atoms with Gasteiger partial charge in [0, 0.05) is 5.56 Å². The van der Waals surface area contributed by atoms with E-state index in [2.05, 4.69) is 15.9 Å². The first kappa shape index (κ1) is 13.5. The van der Waals surface area contributed by atoms with Crippen molar-refractivity contribution in [2.24, 2.45) is 0 Å². The average Bonchev–Trinajstić information content (AvgIpc) is 2.42. The predicted molar refractivity (Wildman–Crippen MR) is 69.5 cm³/mol. The summed E-state index contributed by atoms with van der Waals surface area (Å²) >= 11 is 2.98. The zero-order chi connectivity index (χ0) is 13.8. The normalized spacial score (nSPS) is 10.0. The summed E-state index contributed by atoms with van der Waals surface area (Å²) < 4.78 is 32.5. The Kier molecular flexibility index (Phi) is 4.13. The molecule has 2 aromatic carbocycles. The van der Waals surface area contributed by atoms with Crippen LogP contribution in [0.3, 0.4) is 0 Å². The van der Waals surface area contributed by atoms with Crippen molar-refractivity contribution in [2.45, 2.75) is 6.61 Å². The molecule has 2 nitrogen and oxygen atoms in total. The third-order valence-electron chi connectivity index (χ3n) is 2.51. The van der Waals surface area contributed by atoms with E-state index in [9.17, 15) is 8.78 Å². The molecule has 96 valence electrons. The number of halogens is 3. The summed E-state index contributed by atoms with van der Waals surface area (Å²) in [5, 5.41) is 8.74. The second-order valence-corrected chi connectivity index (χ2v) is 4.52. The van der Waals surface area contributed by atoms with Gasteiger partial charge in [0.25, 0.3) is 0 Å². The highest BCUT2D eigenvalue weighted by molar-refractivity contribution is 9.10. The molecule has 2 aromatic rings. The van der Waals surface area contributed by atoms with Crippen molar-refractivity contribution in [1.82, 2.24) is 0 Å². The number of nitrogens with zero attached hydrogens (tertiary/aromatic N) is 1. The number of benzene rings is 2. The molecule has 0 aliphatic carbocycles. The lowest BCUT2D eigenvalue weighted by Gasteiger charge is -2.09. The van der Waals surface area contributed by atoms with Crippen molar-refractivity contribution < 1.29 is 13.5 Å². The molecule has 0 saturated heterocycles. The maximum Gasteiger partial charge on any atom is 0.180 e. The summed E-state index contributed by atoms with van der Waals surface area (Å²) in [5.41, 5.74) is 0.512. The molecule has 0 heterocycles. The van der Waals surface area contributed by atoms with Crippen LogP contribution < -0.4 is 4.74 Å². The van der Waals surface area contributed by atoms with Crippen molar-refractivity contribution in [3.8, 4) is 11.8 Å². The second kappa shape index (κ2) is 5.81. The highest BCUT2D eigenvalue weighted by atomic mass is 79.9. The first-order valence-corrected chi connectivity index (χ1v) is 6.17. The first-order valence-electron chi connectivity index (χ1n) is 5.37.